The Morgan fingerprint density at radius 2 is 1.87 bits per heavy atom. The van der Waals surface area contributed by atoms with Gasteiger partial charge in [-0.25, -0.2) is 4.79 Å². The van der Waals surface area contributed by atoms with E-state index in [0.717, 1.165) is 25.7 Å². The van der Waals surface area contributed by atoms with Gasteiger partial charge in [0.2, 0.25) is 0 Å². The Balaban J connectivity index is 1.74. The molecule has 4 rings (SSSR count). The number of ether oxygens (including phenoxy) is 2. The predicted octanol–water partition coefficient (Wildman–Crippen LogP) is 5.54. The van der Waals surface area contributed by atoms with Gasteiger partial charge < -0.3 is 9.47 Å². The minimum absolute atomic E-state index is 0.0876. The number of hydrogen-bond donors (Lipinski definition) is 0. The molecule has 0 amide bonds. The third kappa shape index (κ3) is 2.78. The van der Waals surface area contributed by atoms with Gasteiger partial charge in [-0.05, 0) is 76.0 Å². The van der Waals surface area contributed by atoms with E-state index >= 15 is 0 Å². The summed E-state index contributed by atoms with van der Waals surface area (Å²) in [6.45, 7) is 10.3. The maximum absolute atomic E-state index is 13.2. The van der Waals surface area contributed by atoms with E-state index in [-0.39, 0.29) is 34.1 Å². The summed E-state index contributed by atoms with van der Waals surface area (Å²) in [7, 11) is 1.45. The fourth-order valence-electron chi connectivity index (χ4n) is 7.32. The standard InChI is InChI=1S/C26H36O4/c1-7-17(2)21(27)30-20-10-12-24(4)18(25(20,5)22(28)29-6)9-13-26-15-14-23(3,16-26)11-8-19(24)26/h7-8,14-15,18,20H,9-13,16H2,1-6H3/b17-7+/t18-,20+,23+,24+,25-,26-/m0/s1. The number of fused-ring (bicyclic) bond motifs is 3. The van der Waals surface area contributed by atoms with Crippen molar-refractivity contribution >= 4 is 11.9 Å². The highest BCUT2D eigenvalue weighted by molar-refractivity contribution is 5.88. The van der Waals surface area contributed by atoms with Crippen LogP contribution >= 0.6 is 0 Å². The zero-order valence-corrected chi connectivity index (χ0v) is 19.3. The molecule has 0 N–H and O–H groups in total. The van der Waals surface area contributed by atoms with E-state index in [9.17, 15) is 9.59 Å². The summed E-state index contributed by atoms with van der Waals surface area (Å²) in [5.74, 6) is -0.501. The van der Waals surface area contributed by atoms with Crippen molar-refractivity contribution in [3.05, 3.63) is 35.5 Å². The lowest BCUT2D eigenvalue weighted by atomic mass is 9.43. The Morgan fingerprint density at radius 3 is 2.53 bits per heavy atom. The largest absolute Gasteiger partial charge is 0.468 e. The van der Waals surface area contributed by atoms with E-state index in [0.29, 0.717) is 12.0 Å². The average molecular weight is 413 g/mol. The van der Waals surface area contributed by atoms with Gasteiger partial charge in [0.05, 0.1) is 7.11 Å². The third-order valence-corrected chi connectivity index (χ3v) is 9.04. The van der Waals surface area contributed by atoms with Crippen LogP contribution in [0.2, 0.25) is 0 Å². The van der Waals surface area contributed by atoms with Gasteiger partial charge in [-0.2, -0.15) is 0 Å². The van der Waals surface area contributed by atoms with E-state index in [2.05, 4.69) is 32.1 Å². The molecule has 2 fully saturated rings. The zero-order chi connectivity index (χ0) is 21.9. The van der Waals surface area contributed by atoms with Gasteiger partial charge in [-0.1, -0.05) is 43.7 Å². The van der Waals surface area contributed by atoms with Crippen LogP contribution in [0.1, 0.15) is 73.1 Å². The Morgan fingerprint density at radius 1 is 1.13 bits per heavy atom. The third-order valence-electron chi connectivity index (χ3n) is 9.04. The molecule has 2 bridgehead atoms. The number of carbonyl (C=O) groups excluding carboxylic acids is 2. The van der Waals surface area contributed by atoms with Gasteiger partial charge >= 0.3 is 11.9 Å². The summed E-state index contributed by atoms with van der Waals surface area (Å²) in [5, 5.41) is 0. The fraction of sp³-hybridized carbons (Fsp3) is 0.692. The molecule has 2 saturated carbocycles. The number of carbonyl (C=O) groups is 2. The van der Waals surface area contributed by atoms with Crippen molar-refractivity contribution in [1.29, 1.82) is 0 Å². The van der Waals surface area contributed by atoms with E-state index in [1.165, 1.54) is 19.1 Å². The highest BCUT2D eigenvalue weighted by Gasteiger charge is 2.66. The molecule has 0 aromatic rings. The van der Waals surface area contributed by atoms with Crippen molar-refractivity contribution in [1.82, 2.24) is 0 Å². The lowest BCUT2D eigenvalue weighted by Gasteiger charge is -2.61. The van der Waals surface area contributed by atoms with E-state index in [4.69, 9.17) is 9.47 Å². The van der Waals surface area contributed by atoms with Crippen LogP contribution in [-0.4, -0.2) is 25.2 Å². The molecule has 0 radical (unpaired) electrons. The zero-order valence-electron chi connectivity index (χ0n) is 19.3. The van der Waals surface area contributed by atoms with Crippen molar-refractivity contribution in [3.63, 3.8) is 0 Å². The second-order valence-corrected chi connectivity index (χ2v) is 10.8. The van der Waals surface area contributed by atoms with E-state index in [1.54, 1.807) is 13.0 Å². The number of rotatable bonds is 3. The van der Waals surface area contributed by atoms with Gasteiger partial charge in [0, 0.05) is 11.0 Å². The monoisotopic (exact) mass is 412 g/mol. The molecule has 4 aliphatic rings. The minimum atomic E-state index is -0.850. The first-order valence-electron chi connectivity index (χ1n) is 11.4. The van der Waals surface area contributed by atoms with Gasteiger partial charge in [0.25, 0.3) is 0 Å². The van der Waals surface area contributed by atoms with Crippen LogP contribution in [0.3, 0.4) is 0 Å². The Bertz CT molecular complexity index is 866. The van der Waals surface area contributed by atoms with Crippen LogP contribution in [0.15, 0.2) is 35.5 Å². The second kappa shape index (κ2) is 6.83. The van der Waals surface area contributed by atoms with Gasteiger partial charge in [-0.3, -0.25) is 4.79 Å². The number of allylic oxidation sites excluding steroid dienone is 5. The van der Waals surface area contributed by atoms with Gasteiger partial charge in [0.1, 0.15) is 11.5 Å². The number of methoxy groups -OCH3 is 1. The van der Waals surface area contributed by atoms with Crippen molar-refractivity contribution in [2.24, 2.45) is 27.6 Å². The van der Waals surface area contributed by atoms with Gasteiger partial charge in [-0.15, -0.1) is 0 Å². The first-order valence-corrected chi connectivity index (χ1v) is 11.4. The maximum atomic E-state index is 13.2. The first kappa shape index (κ1) is 21.4. The molecular formula is C26H36O4. The van der Waals surface area contributed by atoms with Crippen LogP contribution in [-0.2, 0) is 19.1 Å². The molecule has 0 heterocycles. The Labute approximate surface area is 180 Å². The molecule has 0 aromatic heterocycles. The molecule has 6 atom stereocenters. The summed E-state index contributed by atoms with van der Waals surface area (Å²) in [5.41, 5.74) is 1.56. The van der Waals surface area contributed by atoms with Crippen molar-refractivity contribution in [3.8, 4) is 0 Å². The smallest absolute Gasteiger partial charge is 0.333 e. The Hall–Kier alpha value is -1.84. The summed E-state index contributed by atoms with van der Waals surface area (Å²) in [6, 6.07) is 0. The normalized spacial score (nSPS) is 44.6. The molecule has 4 heteroatoms. The lowest BCUT2D eigenvalue weighted by molar-refractivity contribution is -0.191. The highest BCUT2D eigenvalue weighted by atomic mass is 16.6. The SMILES string of the molecule is C/C=C(\C)C(=O)O[C@@H]1CC[C@@]2(C)C3=CC[C@]4(C)C=C[C@@]3(CC[C@@H]2[C@]1(C)C(=O)OC)C4. The predicted molar refractivity (Wildman–Crippen MR) is 116 cm³/mol. The summed E-state index contributed by atoms with van der Waals surface area (Å²) in [6.07, 6.45) is 14.5. The lowest BCUT2D eigenvalue weighted by Crippen LogP contribution is -2.60. The summed E-state index contributed by atoms with van der Waals surface area (Å²) < 4.78 is 11.3. The van der Waals surface area contributed by atoms with Gasteiger partial charge in [0.15, 0.2) is 0 Å². The number of hydrogen-bond acceptors (Lipinski definition) is 4. The highest BCUT2D eigenvalue weighted by Crippen LogP contribution is 2.70. The molecule has 30 heavy (non-hydrogen) atoms. The quantitative estimate of drug-likeness (QED) is 0.347. The van der Waals surface area contributed by atoms with Crippen LogP contribution in [0.25, 0.3) is 0 Å². The number of esters is 2. The summed E-state index contributed by atoms with van der Waals surface area (Å²) >= 11 is 0. The molecule has 0 aromatic carbocycles. The van der Waals surface area contributed by atoms with Crippen molar-refractivity contribution in [2.45, 2.75) is 79.2 Å². The van der Waals surface area contributed by atoms with E-state index in [1.807, 2.05) is 13.8 Å². The molecule has 0 saturated heterocycles. The topological polar surface area (TPSA) is 52.6 Å². The average Bonchev–Trinajstić information content (AvgIpc) is 2.97. The molecule has 0 unspecified atom stereocenters. The molecule has 0 aliphatic heterocycles. The van der Waals surface area contributed by atoms with E-state index < -0.39 is 11.5 Å². The van der Waals surface area contributed by atoms with Crippen LogP contribution in [0.5, 0.6) is 0 Å². The maximum Gasteiger partial charge on any atom is 0.333 e. The fourth-order valence-corrected chi connectivity index (χ4v) is 7.32. The first-order chi connectivity index (χ1) is 14.0. The molecule has 4 aliphatic carbocycles. The molecular weight excluding hydrogens is 376 g/mol. The van der Waals surface area contributed by atoms with Crippen LogP contribution < -0.4 is 0 Å². The minimum Gasteiger partial charge on any atom is -0.468 e. The molecule has 1 spiro atoms. The molecule has 164 valence electrons. The van der Waals surface area contributed by atoms with Crippen LogP contribution in [0, 0.1) is 27.6 Å². The van der Waals surface area contributed by atoms with Crippen molar-refractivity contribution < 1.29 is 19.1 Å². The van der Waals surface area contributed by atoms with Crippen molar-refractivity contribution in [2.75, 3.05) is 7.11 Å². The van der Waals surface area contributed by atoms with Crippen LogP contribution in [0.4, 0.5) is 0 Å². The Kier molecular flexibility index (Phi) is 4.87. The second-order valence-electron chi connectivity index (χ2n) is 10.8. The molecule has 4 nitrogen and oxygen atoms in total. The summed E-state index contributed by atoms with van der Waals surface area (Å²) in [4.78, 5) is 25.8.